The van der Waals surface area contributed by atoms with Crippen LogP contribution >= 0.6 is 0 Å². The summed E-state index contributed by atoms with van der Waals surface area (Å²) in [6.45, 7) is 7.46. The molecule has 1 heterocycles. The molecule has 2 aromatic rings. The van der Waals surface area contributed by atoms with Crippen LogP contribution in [0.15, 0.2) is 59.5 Å². The molecule has 2 amide bonds. The summed E-state index contributed by atoms with van der Waals surface area (Å²) in [6, 6.07) is 15.0. The molecule has 1 fully saturated rings. The van der Waals surface area contributed by atoms with Gasteiger partial charge in [-0.2, -0.15) is 4.31 Å². The van der Waals surface area contributed by atoms with E-state index in [9.17, 15) is 18.0 Å². The zero-order valence-electron chi connectivity index (χ0n) is 19.5. The van der Waals surface area contributed by atoms with Gasteiger partial charge in [0.15, 0.2) is 0 Å². The largest absolute Gasteiger partial charge is 0.341 e. The first-order valence-electron chi connectivity index (χ1n) is 11.5. The van der Waals surface area contributed by atoms with Gasteiger partial charge in [0.2, 0.25) is 15.9 Å². The molecule has 1 atom stereocenters. The van der Waals surface area contributed by atoms with Gasteiger partial charge in [0, 0.05) is 31.7 Å². The molecule has 178 valence electrons. The number of carbonyl (C=O) groups is 2. The minimum absolute atomic E-state index is 0.121. The molecule has 1 aliphatic heterocycles. The maximum Gasteiger partial charge on any atom is 0.251 e. The summed E-state index contributed by atoms with van der Waals surface area (Å²) < 4.78 is 27.6. The van der Waals surface area contributed by atoms with Crippen LogP contribution in [0.25, 0.3) is 0 Å². The lowest BCUT2D eigenvalue weighted by Gasteiger charge is -2.37. The molecule has 0 saturated carbocycles. The number of piperidine rings is 1. The van der Waals surface area contributed by atoms with Gasteiger partial charge >= 0.3 is 0 Å². The van der Waals surface area contributed by atoms with Crippen LogP contribution in [0, 0.1) is 12.8 Å². The third kappa shape index (κ3) is 5.81. The standard InChI is InChI=1S/C25H33N3O4S/c1-4-27(5-2)25(30)23(26-24(29)21-9-7-6-8-10-21)20-15-17-28(18-16-20)33(31,32)22-13-11-19(3)12-14-22/h6-14,20,23H,4-5,15-18H2,1-3H3,(H,26,29)/t23-/m0/s1. The van der Waals surface area contributed by atoms with Crippen molar-refractivity contribution in [3.05, 3.63) is 65.7 Å². The third-order valence-electron chi connectivity index (χ3n) is 6.29. The Hall–Kier alpha value is -2.71. The Bertz CT molecular complexity index is 1040. The first kappa shape index (κ1) is 24.9. The number of carbonyl (C=O) groups excluding carboxylic acids is 2. The van der Waals surface area contributed by atoms with Gasteiger partial charge in [-0.25, -0.2) is 8.42 Å². The lowest BCUT2D eigenvalue weighted by atomic mass is 9.89. The third-order valence-corrected chi connectivity index (χ3v) is 8.21. The predicted molar refractivity (Wildman–Crippen MR) is 128 cm³/mol. The summed E-state index contributed by atoms with van der Waals surface area (Å²) in [5.41, 5.74) is 1.49. The van der Waals surface area contributed by atoms with Crippen LogP contribution in [0.3, 0.4) is 0 Å². The Morgan fingerprint density at radius 1 is 1.00 bits per heavy atom. The molecule has 1 aliphatic rings. The van der Waals surface area contributed by atoms with Gasteiger partial charge in [0.05, 0.1) is 4.90 Å². The number of nitrogens with one attached hydrogen (secondary N) is 1. The second-order valence-electron chi connectivity index (χ2n) is 8.38. The van der Waals surface area contributed by atoms with E-state index in [4.69, 9.17) is 0 Å². The quantitative estimate of drug-likeness (QED) is 0.641. The number of rotatable bonds is 8. The Morgan fingerprint density at radius 3 is 2.12 bits per heavy atom. The summed E-state index contributed by atoms with van der Waals surface area (Å²) >= 11 is 0. The predicted octanol–water partition coefficient (Wildman–Crippen LogP) is 3.06. The maximum absolute atomic E-state index is 13.3. The van der Waals surface area contributed by atoms with Crippen LogP contribution in [0.1, 0.15) is 42.6 Å². The number of hydrogen-bond donors (Lipinski definition) is 1. The molecular formula is C25H33N3O4S. The van der Waals surface area contributed by atoms with Crippen molar-refractivity contribution in [3.63, 3.8) is 0 Å². The molecule has 0 aromatic heterocycles. The van der Waals surface area contributed by atoms with Gasteiger partial charge in [-0.1, -0.05) is 35.9 Å². The monoisotopic (exact) mass is 471 g/mol. The zero-order chi connectivity index (χ0) is 24.0. The summed E-state index contributed by atoms with van der Waals surface area (Å²) in [5.74, 6) is -0.560. The molecule has 1 saturated heterocycles. The molecular weight excluding hydrogens is 438 g/mol. The fourth-order valence-electron chi connectivity index (χ4n) is 4.24. The number of amides is 2. The molecule has 0 spiro atoms. The summed E-state index contributed by atoms with van der Waals surface area (Å²) in [6.07, 6.45) is 0.996. The van der Waals surface area contributed by atoms with E-state index in [0.29, 0.717) is 44.6 Å². The smallest absolute Gasteiger partial charge is 0.251 e. The van der Waals surface area contributed by atoms with E-state index < -0.39 is 16.1 Å². The Balaban J connectivity index is 1.76. The van der Waals surface area contributed by atoms with Gasteiger partial charge < -0.3 is 10.2 Å². The van der Waals surface area contributed by atoms with E-state index in [1.807, 2.05) is 26.8 Å². The number of sulfonamides is 1. The fourth-order valence-corrected chi connectivity index (χ4v) is 5.71. The van der Waals surface area contributed by atoms with E-state index in [1.54, 1.807) is 53.4 Å². The van der Waals surface area contributed by atoms with Crippen LogP contribution in [0.5, 0.6) is 0 Å². The molecule has 0 radical (unpaired) electrons. The SMILES string of the molecule is CCN(CC)C(=O)[C@@H](NC(=O)c1ccccc1)C1CCN(S(=O)(=O)c2ccc(C)cc2)CC1. The highest BCUT2D eigenvalue weighted by atomic mass is 32.2. The van der Waals surface area contributed by atoms with Crippen LogP contribution < -0.4 is 5.32 Å². The molecule has 2 aromatic carbocycles. The zero-order valence-corrected chi connectivity index (χ0v) is 20.3. The molecule has 8 heteroatoms. The van der Waals surface area contributed by atoms with E-state index >= 15 is 0 Å². The molecule has 7 nitrogen and oxygen atoms in total. The van der Waals surface area contributed by atoms with Crippen molar-refractivity contribution < 1.29 is 18.0 Å². The second kappa shape index (κ2) is 10.9. The van der Waals surface area contributed by atoms with Crippen molar-refractivity contribution in [1.29, 1.82) is 0 Å². The van der Waals surface area contributed by atoms with E-state index in [2.05, 4.69) is 5.32 Å². The number of nitrogens with zero attached hydrogens (tertiary/aromatic N) is 2. The number of aryl methyl sites for hydroxylation is 1. The lowest BCUT2D eigenvalue weighted by molar-refractivity contribution is -0.134. The normalized spacial score (nSPS) is 16.2. The van der Waals surface area contributed by atoms with E-state index in [0.717, 1.165) is 5.56 Å². The molecule has 0 unspecified atom stereocenters. The van der Waals surface area contributed by atoms with Crippen molar-refractivity contribution >= 4 is 21.8 Å². The van der Waals surface area contributed by atoms with Crippen LogP contribution in [-0.2, 0) is 14.8 Å². The minimum atomic E-state index is -3.59. The first-order valence-corrected chi connectivity index (χ1v) is 12.9. The van der Waals surface area contributed by atoms with Crippen LogP contribution in [-0.4, -0.2) is 61.7 Å². The first-order chi connectivity index (χ1) is 15.8. The van der Waals surface area contributed by atoms with Crippen molar-refractivity contribution in [1.82, 2.24) is 14.5 Å². The number of likely N-dealkylation sites (N-methyl/N-ethyl adjacent to an activating group) is 1. The molecule has 0 aliphatic carbocycles. The van der Waals surface area contributed by atoms with E-state index in [1.165, 1.54) is 4.31 Å². The van der Waals surface area contributed by atoms with Gasteiger partial charge in [-0.05, 0) is 63.8 Å². The van der Waals surface area contributed by atoms with Crippen LogP contribution in [0.2, 0.25) is 0 Å². The highest BCUT2D eigenvalue weighted by Crippen LogP contribution is 2.27. The molecule has 1 N–H and O–H groups in total. The molecule has 0 bridgehead atoms. The average Bonchev–Trinajstić information content (AvgIpc) is 2.84. The highest BCUT2D eigenvalue weighted by molar-refractivity contribution is 7.89. The lowest BCUT2D eigenvalue weighted by Crippen LogP contribution is -2.54. The molecule has 3 rings (SSSR count). The number of benzene rings is 2. The second-order valence-corrected chi connectivity index (χ2v) is 10.3. The van der Waals surface area contributed by atoms with Crippen molar-refractivity contribution in [3.8, 4) is 0 Å². The topological polar surface area (TPSA) is 86.8 Å². The van der Waals surface area contributed by atoms with E-state index in [-0.39, 0.29) is 22.6 Å². The number of hydrogen-bond acceptors (Lipinski definition) is 4. The van der Waals surface area contributed by atoms with Crippen molar-refractivity contribution in [2.45, 2.75) is 44.6 Å². The Kier molecular flexibility index (Phi) is 8.26. The van der Waals surface area contributed by atoms with Gasteiger partial charge in [0.25, 0.3) is 5.91 Å². The highest BCUT2D eigenvalue weighted by Gasteiger charge is 2.37. The van der Waals surface area contributed by atoms with Gasteiger partial charge in [0.1, 0.15) is 6.04 Å². The Labute approximate surface area is 196 Å². The Morgan fingerprint density at radius 2 is 1.58 bits per heavy atom. The summed E-state index contributed by atoms with van der Waals surface area (Å²) in [4.78, 5) is 28.1. The fraction of sp³-hybridized carbons (Fsp3) is 0.440. The summed E-state index contributed by atoms with van der Waals surface area (Å²) in [5, 5.41) is 2.95. The minimum Gasteiger partial charge on any atom is -0.341 e. The maximum atomic E-state index is 13.3. The van der Waals surface area contributed by atoms with Crippen molar-refractivity contribution in [2.75, 3.05) is 26.2 Å². The van der Waals surface area contributed by atoms with Gasteiger partial charge in [-0.15, -0.1) is 0 Å². The average molecular weight is 472 g/mol. The van der Waals surface area contributed by atoms with Crippen LogP contribution in [0.4, 0.5) is 0 Å². The molecule has 33 heavy (non-hydrogen) atoms. The van der Waals surface area contributed by atoms with Gasteiger partial charge in [-0.3, -0.25) is 9.59 Å². The summed E-state index contributed by atoms with van der Waals surface area (Å²) in [7, 11) is -3.59. The van der Waals surface area contributed by atoms with Crippen molar-refractivity contribution in [2.24, 2.45) is 5.92 Å².